The van der Waals surface area contributed by atoms with E-state index in [4.69, 9.17) is 0 Å². The van der Waals surface area contributed by atoms with Crippen LogP contribution in [-0.4, -0.2) is 43.9 Å². The fraction of sp³-hybridized carbons (Fsp3) is 0.353. The monoisotopic (exact) mass is 309 g/mol. The third-order valence-corrected chi connectivity index (χ3v) is 4.55. The Hall–Kier alpha value is -2.47. The van der Waals surface area contributed by atoms with Gasteiger partial charge in [0.1, 0.15) is 12.1 Å². The number of fused-ring (bicyclic) bond motifs is 1. The zero-order chi connectivity index (χ0) is 15.8. The van der Waals surface area contributed by atoms with Crippen LogP contribution in [0.4, 0.5) is 5.82 Å². The molecule has 118 valence electrons. The Morgan fingerprint density at radius 1 is 1.22 bits per heavy atom. The van der Waals surface area contributed by atoms with Gasteiger partial charge in [-0.3, -0.25) is 0 Å². The highest BCUT2D eigenvalue weighted by atomic mass is 16.3. The number of benzene rings is 1. The predicted molar refractivity (Wildman–Crippen MR) is 88.2 cm³/mol. The molecule has 1 saturated heterocycles. The van der Waals surface area contributed by atoms with Crippen molar-refractivity contribution in [2.45, 2.75) is 19.4 Å². The van der Waals surface area contributed by atoms with Gasteiger partial charge in [0, 0.05) is 24.7 Å². The van der Waals surface area contributed by atoms with E-state index < -0.39 is 0 Å². The van der Waals surface area contributed by atoms with Crippen LogP contribution in [0.15, 0.2) is 42.7 Å². The molecule has 0 saturated carbocycles. The molecule has 0 aliphatic carbocycles. The Kier molecular flexibility index (Phi) is 3.46. The summed E-state index contributed by atoms with van der Waals surface area (Å²) in [4.78, 5) is 11.0. The van der Waals surface area contributed by atoms with Crippen molar-refractivity contribution in [3.63, 3.8) is 0 Å². The van der Waals surface area contributed by atoms with Gasteiger partial charge < -0.3 is 10.0 Å². The van der Waals surface area contributed by atoms with Gasteiger partial charge in [-0.1, -0.05) is 37.3 Å². The van der Waals surface area contributed by atoms with Gasteiger partial charge in [0.05, 0.1) is 11.8 Å². The molecule has 6 heteroatoms. The molecular formula is C17H19N5O. The van der Waals surface area contributed by atoms with Crippen molar-refractivity contribution in [3.05, 3.63) is 42.7 Å². The molecule has 0 spiro atoms. The summed E-state index contributed by atoms with van der Waals surface area (Å²) in [7, 11) is 0. The van der Waals surface area contributed by atoms with Crippen LogP contribution in [0.25, 0.3) is 17.0 Å². The van der Waals surface area contributed by atoms with Gasteiger partial charge in [-0.2, -0.15) is 14.6 Å². The summed E-state index contributed by atoms with van der Waals surface area (Å²) in [5.41, 5.74) is 1.92. The molecule has 4 rings (SSSR count). The van der Waals surface area contributed by atoms with Crippen LogP contribution in [0, 0.1) is 5.92 Å². The second-order valence-electron chi connectivity index (χ2n) is 6.12. The standard InChI is InChI=1S/C17H19N5O/c1-12-7-8-21(10-15(12)23)16-9-14(13-5-3-2-4-6-13)20-17-18-11-19-22(16)17/h2-6,9,11-12,15,23H,7-8,10H2,1H3. The fourth-order valence-corrected chi connectivity index (χ4v) is 3.04. The fourth-order valence-electron chi connectivity index (χ4n) is 3.04. The Morgan fingerprint density at radius 3 is 2.83 bits per heavy atom. The Balaban J connectivity index is 1.81. The summed E-state index contributed by atoms with van der Waals surface area (Å²) in [5, 5.41) is 14.5. The number of aromatic nitrogens is 4. The van der Waals surface area contributed by atoms with E-state index >= 15 is 0 Å². The van der Waals surface area contributed by atoms with Gasteiger partial charge in [-0.25, -0.2) is 4.98 Å². The Bertz CT molecular complexity index is 816. The van der Waals surface area contributed by atoms with E-state index in [9.17, 15) is 5.11 Å². The first-order valence-electron chi connectivity index (χ1n) is 7.91. The maximum Gasteiger partial charge on any atom is 0.254 e. The maximum atomic E-state index is 10.2. The quantitative estimate of drug-likeness (QED) is 0.784. The highest BCUT2D eigenvalue weighted by molar-refractivity contribution is 5.65. The first-order chi connectivity index (χ1) is 11.2. The number of piperidine rings is 1. The lowest BCUT2D eigenvalue weighted by Gasteiger charge is -2.35. The average Bonchev–Trinajstić information content (AvgIpc) is 3.06. The Labute approximate surface area is 134 Å². The van der Waals surface area contributed by atoms with E-state index in [-0.39, 0.29) is 6.10 Å². The van der Waals surface area contributed by atoms with Crippen LogP contribution < -0.4 is 4.90 Å². The highest BCUT2D eigenvalue weighted by Crippen LogP contribution is 2.27. The van der Waals surface area contributed by atoms with E-state index in [1.54, 1.807) is 4.52 Å². The van der Waals surface area contributed by atoms with Crippen molar-refractivity contribution in [1.82, 2.24) is 19.6 Å². The first kappa shape index (κ1) is 14.1. The molecule has 1 aromatic carbocycles. The predicted octanol–water partition coefficient (Wildman–Crippen LogP) is 2.00. The number of anilines is 1. The van der Waals surface area contributed by atoms with E-state index in [1.807, 2.05) is 36.4 Å². The summed E-state index contributed by atoms with van der Waals surface area (Å²) in [6.07, 6.45) is 2.15. The van der Waals surface area contributed by atoms with Gasteiger partial charge in [0.25, 0.3) is 5.78 Å². The smallest absolute Gasteiger partial charge is 0.254 e. The largest absolute Gasteiger partial charge is 0.391 e. The van der Waals surface area contributed by atoms with Gasteiger partial charge >= 0.3 is 0 Å². The topological polar surface area (TPSA) is 66.6 Å². The van der Waals surface area contributed by atoms with Crippen LogP contribution in [-0.2, 0) is 0 Å². The molecule has 0 radical (unpaired) electrons. The summed E-state index contributed by atoms with van der Waals surface area (Å²) in [5.74, 6) is 1.83. The molecule has 1 aliphatic heterocycles. The summed E-state index contributed by atoms with van der Waals surface area (Å²) in [6, 6.07) is 12.1. The van der Waals surface area contributed by atoms with Crippen LogP contribution in [0.2, 0.25) is 0 Å². The minimum Gasteiger partial charge on any atom is -0.391 e. The van der Waals surface area contributed by atoms with Crippen molar-refractivity contribution in [2.75, 3.05) is 18.0 Å². The van der Waals surface area contributed by atoms with E-state index in [0.717, 1.165) is 30.0 Å². The molecule has 2 aromatic heterocycles. The third kappa shape index (κ3) is 2.55. The number of aliphatic hydroxyl groups excluding tert-OH is 1. The van der Waals surface area contributed by atoms with E-state index in [2.05, 4.69) is 26.9 Å². The lowest BCUT2D eigenvalue weighted by atomic mass is 9.96. The van der Waals surface area contributed by atoms with Gasteiger partial charge in [0.2, 0.25) is 0 Å². The molecule has 1 fully saturated rings. The zero-order valence-electron chi connectivity index (χ0n) is 13.0. The second-order valence-corrected chi connectivity index (χ2v) is 6.12. The van der Waals surface area contributed by atoms with Crippen molar-refractivity contribution in [2.24, 2.45) is 5.92 Å². The number of hydrogen-bond donors (Lipinski definition) is 1. The highest BCUT2D eigenvalue weighted by Gasteiger charge is 2.26. The molecule has 1 aliphatic rings. The summed E-state index contributed by atoms with van der Waals surface area (Å²) >= 11 is 0. The lowest BCUT2D eigenvalue weighted by molar-refractivity contribution is 0.102. The number of hydrogen-bond acceptors (Lipinski definition) is 5. The molecular weight excluding hydrogens is 290 g/mol. The van der Waals surface area contributed by atoms with Gasteiger partial charge in [-0.05, 0) is 12.3 Å². The molecule has 6 nitrogen and oxygen atoms in total. The van der Waals surface area contributed by atoms with Crippen molar-refractivity contribution < 1.29 is 5.11 Å². The molecule has 23 heavy (non-hydrogen) atoms. The summed E-state index contributed by atoms with van der Waals surface area (Å²) in [6.45, 7) is 3.59. The number of nitrogens with zero attached hydrogens (tertiary/aromatic N) is 5. The normalized spacial score (nSPS) is 21.7. The van der Waals surface area contributed by atoms with Gasteiger partial charge in [0.15, 0.2) is 0 Å². The van der Waals surface area contributed by atoms with E-state index in [1.165, 1.54) is 6.33 Å². The average molecular weight is 309 g/mol. The number of β-amino-alcohol motifs (C(OH)–C–C–N with tert-alkyl or cyclic N) is 1. The molecule has 3 heterocycles. The van der Waals surface area contributed by atoms with Crippen molar-refractivity contribution >= 4 is 11.6 Å². The minimum absolute atomic E-state index is 0.323. The maximum absolute atomic E-state index is 10.2. The second kappa shape index (κ2) is 5.62. The van der Waals surface area contributed by atoms with Crippen LogP contribution in [0.1, 0.15) is 13.3 Å². The molecule has 3 aromatic rings. The Morgan fingerprint density at radius 2 is 2.04 bits per heavy atom. The van der Waals surface area contributed by atoms with Crippen molar-refractivity contribution in [3.8, 4) is 11.3 Å². The molecule has 0 amide bonds. The molecule has 0 bridgehead atoms. The van der Waals surface area contributed by atoms with Crippen molar-refractivity contribution in [1.29, 1.82) is 0 Å². The SMILES string of the molecule is CC1CCN(c2cc(-c3ccccc3)nc3ncnn23)CC1O. The van der Waals surface area contributed by atoms with Crippen LogP contribution >= 0.6 is 0 Å². The summed E-state index contributed by atoms with van der Waals surface area (Å²) < 4.78 is 1.75. The minimum atomic E-state index is -0.323. The lowest BCUT2D eigenvalue weighted by Crippen LogP contribution is -2.43. The number of aliphatic hydroxyl groups is 1. The molecule has 1 N–H and O–H groups in total. The van der Waals surface area contributed by atoms with Gasteiger partial charge in [-0.15, -0.1) is 0 Å². The molecule has 2 atom stereocenters. The third-order valence-electron chi connectivity index (χ3n) is 4.55. The van der Waals surface area contributed by atoms with E-state index in [0.29, 0.717) is 18.2 Å². The zero-order valence-corrected chi connectivity index (χ0v) is 13.0. The van der Waals surface area contributed by atoms with Crippen LogP contribution in [0.5, 0.6) is 0 Å². The number of rotatable bonds is 2. The first-order valence-corrected chi connectivity index (χ1v) is 7.91. The van der Waals surface area contributed by atoms with Crippen LogP contribution in [0.3, 0.4) is 0 Å². The molecule has 2 unspecified atom stereocenters.